The van der Waals surface area contributed by atoms with Gasteiger partial charge in [0.05, 0.1) is 0 Å². The molecule has 1 rings (SSSR count). The van der Waals surface area contributed by atoms with Crippen molar-refractivity contribution in [2.45, 2.75) is 19.9 Å². The van der Waals surface area contributed by atoms with Crippen molar-refractivity contribution in [3.63, 3.8) is 0 Å². The summed E-state index contributed by atoms with van der Waals surface area (Å²) >= 11 is 0. The summed E-state index contributed by atoms with van der Waals surface area (Å²) in [4.78, 5) is 4.22. The molecule has 78 valence electrons. The molecule has 0 unspecified atom stereocenters. The summed E-state index contributed by atoms with van der Waals surface area (Å²) in [5.74, 6) is 6.52. The van der Waals surface area contributed by atoms with Crippen molar-refractivity contribution in [2.24, 2.45) is 17.9 Å². The molecular weight excluding hydrogens is 180 g/mol. The lowest BCUT2D eigenvalue weighted by atomic mass is 10.4. The topological polar surface area (TPSA) is 80.3 Å². The van der Waals surface area contributed by atoms with Gasteiger partial charge in [0.1, 0.15) is 0 Å². The molecule has 4 N–H and O–H groups in total. The Bertz CT molecular complexity index is 313. The lowest BCUT2D eigenvalue weighted by molar-refractivity contribution is 0.770. The van der Waals surface area contributed by atoms with E-state index in [1.807, 2.05) is 33.2 Å². The van der Waals surface area contributed by atoms with Crippen molar-refractivity contribution in [1.29, 1.82) is 0 Å². The van der Waals surface area contributed by atoms with Gasteiger partial charge in [0.2, 0.25) is 5.96 Å². The SMILES string of the molecule is CC(C)N=C(NN)Nc1ccn(C)n1. The molecule has 0 aromatic carbocycles. The molecule has 1 heterocycles. The van der Waals surface area contributed by atoms with Crippen LogP contribution in [-0.4, -0.2) is 21.8 Å². The van der Waals surface area contributed by atoms with Gasteiger partial charge in [-0.15, -0.1) is 0 Å². The highest BCUT2D eigenvalue weighted by Gasteiger charge is 2.00. The standard InChI is InChI=1S/C8H16N6/c1-6(2)10-8(12-9)11-7-4-5-14(3)13-7/h4-6H,9H2,1-3H3,(H2,10,11,12,13). The molecule has 1 aromatic heterocycles. The van der Waals surface area contributed by atoms with Crippen LogP contribution in [0.25, 0.3) is 0 Å². The maximum absolute atomic E-state index is 5.30. The number of hydrogen-bond acceptors (Lipinski definition) is 3. The third-order valence-electron chi connectivity index (χ3n) is 1.48. The molecule has 0 saturated heterocycles. The predicted octanol–water partition coefficient (Wildman–Crippen LogP) is 0.0597. The maximum atomic E-state index is 5.30. The van der Waals surface area contributed by atoms with Crippen LogP contribution in [-0.2, 0) is 7.05 Å². The summed E-state index contributed by atoms with van der Waals surface area (Å²) in [6.45, 7) is 3.94. The highest BCUT2D eigenvalue weighted by atomic mass is 15.4. The zero-order chi connectivity index (χ0) is 10.6. The van der Waals surface area contributed by atoms with E-state index in [9.17, 15) is 0 Å². The monoisotopic (exact) mass is 196 g/mol. The van der Waals surface area contributed by atoms with Gasteiger partial charge in [0.25, 0.3) is 0 Å². The highest BCUT2D eigenvalue weighted by molar-refractivity contribution is 5.92. The number of aliphatic imine (C=N–C) groups is 1. The Kier molecular flexibility index (Phi) is 3.47. The molecular formula is C8H16N6. The summed E-state index contributed by atoms with van der Waals surface area (Å²) in [5.41, 5.74) is 2.48. The van der Waals surface area contributed by atoms with Crippen molar-refractivity contribution in [3.8, 4) is 0 Å². The number of nitrogens with zero attached hydrogens (tertiary/aromatic N) is 3. The molecule has 0 atom stereocenters. The molecule has 0 aliphatic carbocycles. The van der Waals surface area contributed by atoms with Crippen LogP contribution in [0.4, 0.5) is 5.82 Å². The van der Waals surface area contributed by atoms with Gasteiger partial charge in [-0.2, -0.15) is 5.10 Å². The molecule has 0 spiro atoms. The van der Waals surface area contributed by atoms with Crippen molar-refractivity contribution in [2.75, 3.05) is 5.32 Å². The van der Waals surface area contributed by atoms with Crippen molar-refractivity contribution < 1.29 is 0 Å². The normalized spacial score (nSPS) is 11.9. The zero-order valence-electron chi connectivity index (χ0n) is 8.65. The van der Waals surface area contributed by atoms with E-state index < -0.39 is 0 Å². The fourth-order valence-corrected chi connectivity index (χ4v) is 0.967. The van der Waals surface area contributed by atoms with Gasteiger partial charge in [-0.1, -0.05) is 0 Å². The van der Waals surface area contributed by atoms with Gasteiger partial charge in [0, 0.05) is 25.4 Å². The second-order valence-electron chi connectivity index (χ2n) is 3.22. The third kappa shape index (κ3) is 3.06. The minimum Gasteiger partial charge on any atom is -0.308 e. The largest absolute Gasteiger partial charge is 0.308 e. The zero-order valence-corrected chi connectivity index (χ0v) is 8.65. The molecule has 0 bridgehead atoms. The van der Waals surface area contributed by atoms with Crippen molar-refractivity contribution in [1.82, 2.24) is 15.2 Å². The summed E-state index contributed by atoms with van der Waals surface area (Å²) < 4.78 is 1.70. The number of nitrogens with one attached hydrogen (secondary N) is 2. The lowest BCUT2D eigenvalue weighted by Crippen LogP contribution is -2.37. The summed E-state index contributed by atoms with van der Waals surface area (Å²) in [6.07, 6.45) is 1.84. The van der Waals surface area contributed by atoms with Crippen LogP contribution in [0.5, 0.6) is 0 Å². The number of hydrazine groups is 1. The van der Waals surface area contributed by atoms with E-state index in [1.54, 1.807) is 4.68 Å². The maximum Gasteiger partial charge on any atom is 0.211 e. The number of rotatable bonds is 2. The van der Waals surface area contributed by atoms with E-state index in [-0.39, 0.29) is 6.04 Å². The number of anilines is 1. The van der Waals surface area contributed by atoms with Crippen molar-refractivity contribution >= 4 is 11.8 Å². The Balaban J connectivity index is 2.66. The summed E-state index contributed by atoms with van der Waals surface area (Å²) in [5, 5.41) is 7.10. The molecule has 0 fully saturated rings. The number of nitrogens with two attached hydrogens (primary N) is 1. The minimum atomic E-state index is 0.178. The Morgan fingerprint density at radius 2 is 2.36 bits per heavy atom. The number of aromatic nitrogens is 2. The molecule has 6 nitrogen and oxygen atoms in total. The van der Waals surface area contributed by atoms with Gasteiger partial charge in [-0.05, 0) is 13.8 Å². The van der Waals surface area contributed by atoms with E-state index in [1.165, 1.54) is 0 Å². The van der Waals surface area contributed by atoms with Gasteiger partial charge in [0.15, 0.2) is 5.82 Å². The summed E-state index contributed by atoms with van der Waals surface area (Å²) in [6, 6.07) is 2.02. The Hall–Kier alpha value is -1.56. The minimum absolute atomic E-state index is 0.178. The Morgan fingerprint density at radius 1 is 1.64 bits per heavy atom. The number of guanidine groups is 1. The van der Waals surface area contributed by atoms with E-state index in [0.717, 1.165) is 0 Å². The molecule has 0 amide bonds. The smallest absolute Gasteiger partial charge is 0.211 e. The Morgan fingerprint density at radius 3 is 2.79 bits per heavy atom. The van der Waals surface area contributed by atoms with E-state index in [4.69, 9.17) is 5.84 Å². The van der Waals surface area contributed by atoms with Crippen LogP contribution >= 0.6 is 0 Å². The third-order valence-corrected chi connectivity index (χ3v) is 1.48. The van der Waals surface area contributed by atoms with E-state index >= 15 is 0 Å². The highest BCUT2D eigenvalue weighted by Crippen LogP contribution is 2.00. The quantitative estimate of drug-likeness (QED) is 0.270. The molecule has 6 heteroatoms. The first-order chi connectivity index (χ1) is 6.61. The van der Waals surface area contributed by atoms with Crippen molar-refractivity contribution in [3.05, 3.63) is 12.3 Å². The van der Waals surface area contributed by atoms with Gasteiger partial charge >= 0.3 is 0 Å². The summed E-state index contributed by atoms with van der Waals surface area (Å²) in [7, 11) is 1.85. The molecule has 0 aliphatic rings. The number of aryl methyl sites for hydroxylation is 1. The molecule has 0 radical (unpaired) electrons. The average molecular weight is 196 g/mol. The molecule has 1 aromatic rings. The van der Waals surface area contributed by atoms with Crippen LogP contribution < -0.4 is 16.6 Å². The van der Waals surface area contributed by atoms with Crippen LogP contribution in [0.3, 0.4) is 0 Å². The molecule has 0 saturated carbocycles. The van der Waals surface area contributed by atoms with Crippen LogP contribution in [0.2, 0.25) is 0 Å². The lowest BCUT2D eigenvalue weighted by Gasteiger charge is -2.07. The fourth-order valence-electron chi connectivity index (χ4n) is 0.967. The van der Waals surface area contributed by atoms with Crippen LogP contribution in [0.15, 0.2) is 17.3 Å². The predicted molar refractivity (Wildman–Crippen MR) is 56.7 cm³/mol. The second-order valence-corrected chi connectivity index (χ2v) is 3.22. The van der Waals surface area contributed by atoms with E-state index in [0.29, 0.717) is 11.8 Å². The molecule has 14 heavy (non-hydrogen) atoms. The Labute approximate surface area is 83.2 Å². The van der Waals surface area contributed by atoms with E-state index in [2.05, 4.69) is 20.8 Å². The second kappa shape index (κ2) is 4.61. The van der Waals surface area contributed by atoms with Gasteiger partial charge in [-0.25, -0.2) is 10.8 Å². The fraction of sp³-hybridized carbons (Fsp3) is 0.500. The first-order valence-electron chi connectivity index (χ1n) is 4.43. The molecule has 0 aliphatic heterocycles. The van der Waals surface area contributed by atoms with Crippen LogP contribution in [0, 0.1) is 0 Å². The van der Waals surface area contributed by atoms with Gasteiger partial charge < -0.3 is 5.32 Å². The number of hydrogen-bond donors (Lipinski definition) is 3. The first-order valence-corrected chi connectivity index (χ1v) is 4.43. The first kappa shape index (κ1) is 10.5. The van der Waals surface area contributed by atoms with Crippen LogP contribution in [0.1, 0.15) is 13.8 Å². The van der Waals surface area contributed by atoms with Gasteiger partial charge in [-0.3, -0.25) is 10.1 Å². The average Bonchev–Trinajstić information content (AvgIpc) is 2.49.